The predicted molar refractivity (Wildman–Crippen MR) is 69.4 cm³/mol. The SMILES string of the molecule is CC(C)C1CCN(C(=O)c2cncc(O)c2)CC1. The Morgan fingerprint density at radius 1 is 1.39 bits per heavy atom. The van der Waals surface area contributed by atoms with Crippen LogP contribution in [0.1, 0.15) is 37.0 Å². The van der Waals surface area contributed by atoms with E-state index in [1.807, 2.05) is 4.90 Å². The molecule has 0 spiro atoms. The van der Waals surface area contributed by atoms with E-state index in [2.05, 4.69) is 18.8 Å². The Morgan fingerprint density at radius 2 is 2.06 bits per heavy atom. The molecule has 1 aliphatic heterocycles. The number of carbonyl (C=O) groups excluding carboxylic acids is 1. The molecule has 4 heteroatoms. The van der Waals surface area contributed by atoms with Gasteiger partial charge in [0.05, 0.1) is 11.8 Å². The summed E-state index contributed by atoms with van der Waals surface area (Å²) in [7, 11) is 0. The third-order valence-electron chi connectivity index (χ3n) is 3.74. The predicted octanol–water partition coefficient (Wildman–Crippen LogP) is 2.30. The molecule has 4 nitrogen and oxygen atoms in total. The first kappa shape index (κ1) is 12.9. The van der Waals surface area contributed by atoms with Gasteiger partial charge >= 0.3 is 0 Å². The molecule has 2 heterocycles. The van der Waals surface area contributed by atoms with E-state index in [1.165, 1.54) is 18.5 Å². The van der Waals surface area contributed by atoms with Gasteiger partial charge in [-0.2, -0.15) is 0 Å². The summed E-state index contributed by atoms with van der Waals surface area (Å²) < 4.78 is 0. The van der Waals surface area contributed by atoms with E-state index in [-0.39, 0.29) is 11.7 Å². The van der Waals surface area contributed by atoms with Crippen LogP contribution in [0.2, 0.25) is 0 Å². The number of aromatic hydroxyl groups is 1. The highest BCUT2D eigenvalue weighted by Gasteiger charge is 2.25. The molecule has 0 aromatic carbocycles. The van der Waals surface area contributed by atoms with Crippen molar-refractivity contribution in [3.8, 4) is 5.75 Å². The molecule has 0 atom stereocenters. The van der Waals surface area contributed by atoms with Crippen molar-refractivity contribution in [3.63, 3.8) is 0 Å². The minimum atomic E-state index is -0.0272. The molecule has 1 amide bonds. The summed E-state index contributed by atoms with van der Waals surface area (Å²) in [6, 6.07) is 1.48. The van der Waals surface area contributed by atoms with Crippen molar-refractivity contribution in [1.29, 1.82) is 0 Å². The number of aromatic nitrogens is 1. The van der Waals surface area contributed by atoms with Crippen molar-refractivity contribution in [2.24, 2.45) is 11.8 Å². The lowest BCUT2D eigenvalue weighted by Crippen LogP contribution is -2.39. The van der Waals surface area contributed by atoms with Crippen LogP contribution in [0.25, 0.3) is 0 Å². The standard InChI is InChI=1S/C14H20N2O2/c1-10(2)11-3-5-16(6-4-11)14(18)12-7-13(17)9-15-8-12/h7-11,17H,3-6H2,1-2H3. The van der Waals surface area contributed by atoms with Crippen LogP contribution >= 0.6 is 0 Å². The Kier molecular flexibility index (Phi) is 3.84. The van der Waals surface area contributed by atoms with Crippen molar-refractivity contribution >= 4 is 5.91 Å². The van der Waals surface area contributed by atoms with E-state index in [0.717, 1.165) is 31.8 Å². The lowest BCUT2D eigenvalue weighted by molar-refractivity contribution is 0.0667. The fourth-order valence-electron chi connectivity index (χ4n) is 2.50. The largest absolute Gasteiger partial charge is 0.506 e. The third-order valence-corrected chi connectivity index (χ3v) is 3.74. The highest BCUT2D eigenvalue weighted by Crippen LogP contribution is 2.25. The van der Waals surface area contributed by atoms with Gasteiger partial charge in [-0.25, -0.2) is 0 Å². The smallest absolute Gasteiger partial charge is 0.255 e. The van der Waals surface area contributed by atoms with Gasteiger partial charge in [0.25, 0.3) is 5.91 Å². The summed E-state index contributed by atoms with van der Waals surface area (Å²) in [5, 5.41) is 9.34. The van der Waals surface area contributed by atoms with Crippen LogP contribution in [0, 0.1) is 11.8 Å². The van der Waals surface area contributed by atoms with Gasteiger partial charge in [0.1, 0.15) is 5.75 Å². The average molecular weight is 248 g/mol. The third kappa shape index (κ3) is 2.81. The van der Waals surface area contributed by atoms with Crippen LogP contribution in [-0.2, 0) is 0 Å². The Morgan fingerprint density at radius 3 is 2.61 bits per heavy atom. The highest BCUT2D eigenvalue weighted by atomic mass is 16.3. The molecule has 1 aromatic heterocycles. The van der Waals surface area contributed by atoms with Gasteiger partial charge in [-0.05, 0) is 30.7 Å². The second-order valence-corrected chi connectivity index (χ2v) is 5.31. The molecule has 1 aliphatic rings. The first-order valence-corrected chi connectivity index (χ1v) is 6.51. The van der Waals surface area contributed by atoms with Gasteiger partial charge in [0.15, 0.2) is 0 Å². The highest BCUT2D eigenvalue weighted by molar-refractivity contribution is 5.94. The Balaban J connectivity index is 1.99. The molecule has 98 valence electrons. The second-order valence-electron chi connectivity index (χ2n) is 5.31. The zero-order valence-corrected chi connectivity index (χ0v) is 11.0. The molecule has 0 unspecified atom stereocenters. The second kappa shape index (κ2) is 5.38. The van der Waals surface area contributed by atoms with Crippen LogP contribution in [-0.4, -0.2) is 34.0 Å². The Bertz CT molecular complexity index is 424. The maximum atomic E-state index is 12.2. The zero-order chi connectivity index (χ0) is 13.1. The van der Waals surface area contributed by atoms with Crippen LogP contribution in [0.3, 0.4) is 0 Å². The average Bonchev–Trinajstić information content (AvgIpc) is 2.38. The summed E-state index contributed by atoms with van der Waals surface area (Å²) >= 11 is 0. The van der Waals surface area contributed by atoms with Crippen molar-refractivity contribution in [3.05, 3.63) is 24.0 Å². The normalized spacial score (nSPS) is 17.2. The number of rotatable bonds is 2. The fourth-order valence-corrected chi connectivity index (χ4v) is 2.50. The maximum absolute atomic E-state index is 12.2. The van der Waals surface area contributed by atoms with Gasteiger partial charge in [-0.15, -0.1) is 0 Å². The summed E-state index contributed by atoms with van der Waals surface area (Å²) in [6.07, 6.45) is 4.98. The topological polar surface area (TPSA) is 53.4 Å². The van der Waals surface area contributed by atoms with Crippen LogP contribution < -0.4 is 0 Å². The maximum Gasteiger partial charge on any atom is 0.255 e. The van der Waals surface area contributed by atoms with Crippen LogP contribution in [0.5, 0.6) is 5.75 Å². The van der Waals surface area contributed by atoms with E-state index in [4.69, 9.17) is 0 Å². The number of hydrogen-bond acceptors (Lipinski definition) is 3. The van der Waals surface area contributed by atoms with Crippen molar-refractivity contribution in [1.82, 2.24) is 9.88 Å². The molecule has 0 aliphatic carbocycles. The van der Waals surface area contributed by atoms with Gasteiger partial charge in [0, 0.05) is 19.3 Å². The lowest BCUT2D eigenvalue weighted by Gasteiger charge is -2.33. The fraction of sp³-hybridized carbons (Fsp3) is 0.571. The van der Waals surface area contributed by atoms with Gasteiger partial charge in [0.2, 0.25) is 0 Å². The number of amides is 1. The van der Waals surface area contributed by atoms with Crippen molar-refractivity contribution < 1.29 is 9.90 Å². The van der Waals surface area contributed by atoms with Crippen LogP contribution in [0.15, 0.2) is 18.5 Å². The molecule has 0 radical (unpaired) electrons. The van der Waals surface area contributed by atoms with Gasteiger partial charge in [-0.1, -0.05) is 13.8 Å². The van der Waals surface area contributed by atoms with E-state index in [9.17, 15) is 9.90 Å². The molecule has 1 aromatic rings. The number of hydrogen-bond donors (Lipinski definition) is 1. The molecular weight excluding hydrogens is 228 g/mol. The summed E-state index contributed by atoms with van der Waals surface area (Å²) in [5.41, 5.74) is 0.470. The number of pyridine rings is 1. The number of carbonyl (C=O) groups is 1. The molecule has 2 rings (SSSR count). The van der Waals surface area contributed by atoms with E-state index in [1.54, 1.807) is 0 Å². The van der Waals surface area contributed by atoms with E-state index < -0.39 is 0 Å². The zero-order valence-electron chi connectivity index (χ0n) is 11.0. The molecular formula is C14H20N2O2. The molecule has 1 saturated heterocycles. The summed E-state index contributed by atoms with van der Waals surface area (Å²) in [4.78, 5) is 17.9. The first-order valence-electron chi connectivity index (χ1n) is 6.51. The molecule has 18 heavy (non-hydrogen) atoms. The van der Waals surface area contributed by atoms with Gasteiger partial charge < -0.3 is 10.0 Å². The minimum Gasteiger partial charge on any atom is -0.506 e. The Labute approximate surface area is 108 Å². The van der Waals surface area contributed by atoms with Crippen molar-refractivity contribution in [2.75, 3.05) is 13.1 Å². The van der Waals surface area contributed by atoms with Crippen molar-refractivity contribution in [2.45, 2.75) is 26.7 Å². The summed E-state index contributed by atoms with van der Waals surface area (Å²) in [6.45, 7) is 6.08. The molecule has 1 N–H and O–H groups in total. The molecule has 0 saturated carbocycles. The van der Waals surface area contributed by atoms with E-state index >= 15 is 0 Å². The number of nitrogens with zero attached hydrogens (tertiary/aromatic N) is 2. The van der Waals surface area contributed by atoms with E-state index in [0.29, 0.717) is 11.5 Å². The Hall–Kier alpha value is -1.58. The summed E-state index contributed by atoms with van der Waals surface area (Å²) in [5.74, 6) is 1.42. The van der Waals surface area contributed by atoms with Crippen LogP contribution in [0.4, 0.5) is 0 Å². The molecule has 0 bridgehead atoms. The lowest BCUT2D eigenvalue weighted by atomic mass is 9.86. The number of piperidine rings is 1. The molecule has 1 fully saturated rings. The number of likely N-dealkylation sites (tertiary alicyclic amines) is 1. The monoisotopic (exact) mass is 248 g/mol. The first-order chi connectivity index (χ1) is 8.58. The minimum absolute atomic E-state index is 0.0272. The van der Waals surface area contributed by atoms with Gasteiger partial charge in [-0.3, -0.25) is 9.78 Å². The quantitative estimate of drug-likeness (QED) is 0.873.